The van der Waals surface area contributed by atoms with E-state index in [0.29, 0.717) is 17.9 Å². The first-order valence-electron chi connectivity index (χ1n) is 13.7. The normalized spacial score (nSPS) is 12.3. The first kappa shape index (κ1) is 31.7. The molecular weight excluding hydrogens is 538 g/mol. The molecule has 1 atom stereocenters. The van der Waals surface area contributed by atoms with Crippen LogP contribution < -0.4 is 14.4 Å². The molecule has 0 saturated carbocycles. The predicted octanol–water partition coefficient (Wildman–Crippen LogP) is 4.80. The van der Waals surface area contributed by atoms with Gasteiger partial charge in [-0.2, -0.15) is 0 Å². The van der Waals surface area contributed by atoms with Crippen molar-refractivity contribution in [1.82, 2.24) is 10.2 Å². The van der Waals surface area contributed by atoms with Gasteiger partial charge in [-0.05, 0) is 50.5 Å². The molecule has 0 saturated heterocycles. The SMILES string of the molecule is COc1cccc(N(CCCC(=O)N(Cc2ccccc2)[C@@H](Cc2ccccc2)C(=O)NC(C)(C)C)S(C)(=O)=O)c1. The fraction of sp³-hybridized carbons (Fsp3) is 0.375. The number of nitrogens with zero attached hydrogens (tertiary/aromatic N) is 2. The van der Waals surface area contributed by atoms with Crippen LogP contribution in [0.1, 0.15) is 44.7 Å². The summed E-state index contributed by atoms with van der Waals surface area (Å²) >= 11 is 0. The van der Waals surface area contributed by atoms with Gasteiger partial charge in [-0.15, -0.1) is 0 Å². The van der Waals surface area contributed by atoms with Gasteiger partial charge in [0.05, 0.1) is 19.1 Å². The van der Waals surface area contributed by atoms with E-state index in [2.05, 4.69) is 5.32 Å². The highest BCUT2D eigenvalue weighted by molar-refractivity contribution is 7.92. The van der Waals surface area contributed by atoms with Crippen LogP contribution in [-0.4, -0.2) is 56.6 Å². The average Bonchev–Trinajstić information content (AvgIpc) is 2.92. The maximum Gasteiger partial charge on any atom is 0.243 e. The molecule has 1 N–H and O–H groups in total. The number of amides is 2. The number of carbonyl (C=O) groups excluding carboxylic acids is 2. The van der Waals surface area contributed by atoms with E-state index in [1.54, 1.807) is 29.2 Å². The summed E-state index contributed by atoms with van der Waals surface area (Å²) in [6, 6.07) is 25.2. The Labute approximate surface area is 244 Å². The highest BCUT2D eigenvalue weighted by atomic mass is 32.2. The van der Waals surface area contributed by atoms with Gasteiger partial charge < -0.3 is 15.0 Å². The third kappa shape index (κ3) is 9.93. The molecule has 3 aromatic carbocycles. The second-order valence-corrected chi connectivity index (χ2v) is 13.0. The van der Waals surface area contributed by atoms with Gasteiger partial charge in [0.2, 0.25) is 21.8 Å². The zero-order valence-electron chi connectivity index (χ0n) is 24.5. The van der Waals surface area contributed by atoms with Gasteiger partial charge in [-0.3, -0.25) is 13.9 Å². The fourth-order valence-corrected chi connectivity index (χ4v) is 5.51. The van der Waals surface area contributed by atoms with E-state index in [0.717, 1.165) is 17.4 Å². The molecule has 41 heavy (non-hydrogen) atoms. The molecule has 0 heterocycles. The van der Waals surface area contributed by atoms with Crippen molar-refractivity contribution in [3.05, 3.63) is 96.1 Å². The molecule has 2 amide bonds. The number of rotatable bonds is 13. The Kier molecular flexibility index (Phi) is 10.9. The van der Waals surface area contributed by atoms with Crippen LogP contribution in [0.25, 0.3) is 0 Å². The second-order valence-electron chi connectivity index (χ2n) is 11.1. The molecule has 0 bridgehead atoms. The zero-order chi connectivity index (χ0) is 30.0. The predicted molar refractivity (Wildman–Crippen MR) is 163 cm³/mol. The van der Waals surface area contributed by atoms with Crippen LogP contribution in [0.5, 0.6) is 5.75 Å². The minimum Gasteiger partial charge on any atom is -0.497 e. The van der Waals surface area contributed by atoms with Crippen LogP contribution in [0.15, 0.2) is 84.9 Å². The van der Waals surface area contributed by atoms with Gasteiger partial charge >= 0.3 is 0 Å². The van der Waals surface area contributed by atoms with E-state index < -0.39 is 21.6 Å². The quantitative estimate of drug-likeness (QED) is 0.314. The van der Waals surface area contributed by atoms with Crippen LogP contribution in [0, 0.1) is 0 Å². The van der Waals surface area contributed by atoms with E-state index in [9.17, 15) is 18.0 Å². The molecule has 0 radical (unpaired) electrons. The molecule has 0 unspecified atom stereocenters. The maximum atomic E-state index is 13.9. The molecule has 0 fully saturated rings. The Hall–Kier alpha value is -3.85. The van der Waals surface area contributed by atoms with E-state index >= 15 is 0 Å². The highest BCUT2D eigenvalue weighted by Gasteiger charge is 2.32. The van der Waals surface area contributed by atoms with Crippen LogP contribution in [0.4, 0.5) is 5.69 Å². The van der Waals surface area contributed by atoms with Crippen LogP contribution in [0.3, 0.4) is 0 Å². The third-order valence-electron chi connectivity index (χ3n) is 6.46. The average molecular weight is 580 g/mol. The van der Waals surface area contributed by atoms with Crippen molar-refractivity contribution in [3.63, 3.8) is 0 Å². The Bertz CT molecular complexity index is 1390. The molecule has 0 aliphatic carbocycles. The Morgan fingerprint density at radius 3 is 2.07 bits per heavy atom. The van der Waals surface area contributed by atoms with Gasteiger partial charge in [-0.1, -0.05) is 66.7 Å². The van der Waals surface area contributed by atoms with Crippen molar-refractivity contribution in [2.45, 2.75) is 58.2 Å². The van der Waals surface area contributed by atoms with Gasteiger partial charge in [0.1, 0.15) is 11.8 Å². The number of ether oxygens (including phenoxy) is 1. The maximum absolute atomic E-state index is 13.9. The summed E-state index contributed by atoms with van der Waals surface area (Å²) < 4.78 is 31.8. The summed E-state index contributed by atoms with van der Waals surface area (Å²) in [6.07, 6.45) is 1.83. The van der Waals surface area contributed by atoms with E-state index in [1.165, 1.54) is 11.4 Å². The topological polar surface area (TPSA) is 96.0 Å². The molecule has 3 aromatic rings. The number of methoxy groups -OCH3 is 1. The zero-order valence-corrected chi connectivity index (χ0v) is 25.4. The lowest BCUT2D eigenvalue weighted by atomic mass is 10.00. The van der Waals surface area contributed by atoms with Crippen LogP contribution >= 0.6 is 0 Å². The number of hydrogen-bond acceptors (Lipinski definition) is 5. The minimum atomic E-state index is -3.61. The first-order valence-corrected chi connectivity index (χ1v) is 15.5. The van der Waals surface area contributed by atoms with Crippen molar-refractivity contribution in [3.8, 4) is 5.75 Å². The number of hydrogen-bond donors (Lipinski definition) is 1. The molecule has 3 rings (SSSR count). The molecule has 0 aromatic heterocycles. The number of sulfonamides is 1. The monoisotopic (exact) mass is 579 g/mol. The largest absolute Gasteiger partial charge is 0.497 e. The highest BCUT2D eigenvalue weighted by Crippen LogP contribution is 2.24. The first-order chi connectivity index (χ1) is 19.4. The summed E-state index contributed by atoms with van der Waals surface area (Å²) in [5.74, 6) is 0.0765. The molecule has 0 spiro atoms. The van der Waals surface area contributed by atoms with Crippen molar-refractivity contribution >= 4 is 27.5 Å². The Morgan fingerprint density at radius 2 is 1.51 bits per heavy atom. The molecule has 9 heteroatoms. The standard InChI is InChI=1S/C32H41N3O5S/c1-32(2,3)33-31(37)29(22-25-14-8-6-9-15-25)34(24-26-16-10-7-11-17-26)30(36)20-13-21-35(41(5,38)39)27-18-12-19-28(23-27)40-4/h6-12,14-19,23,29H,13,20-22,24H2,1-5H3,(H,33,37)/t29-/m0/s1. The van der Waals surface area contributed by atoms with E-state index in [1.807, 2.05) is 81.4 Å². The van der Waals surface area contributed by atoms with E-state index in [4.69, 9.17) is 4.74 Å². The van der Waals surface area contributed by atoms with E-state index in [-0.39, 0.29) is 37.7 Å². The van der Waals surface area contributed by atoms with Gasteiger partial charge in [0, 0.05) is 37.5 Å². The fourth-order valence-electron chi connectivity index (χ4n) is 4.56. The summed E-state index contributed by atoms with van der Waals surface area (Å²) in [6.45, 7) is 6.08. The second kappa shape index (κ2) is 14.2. The smallest absolute Gasteiger partial charge is 0.243 e. The number of anilines is 1. The summed E-state index contributed by atoms with van der Waals surface area (Å²) in [5.41, 5.74) is 1.82. The Morgan fingerprint density at radius 1 is 0.902 bits per heavy atom. The number of benzene rings is 3. The molecule has 220 valence electrons. The number of carbonyl (C=O) groups is 2. The van der Waals surface area contributed by atoms with Crippen molar-refractivity contribution < 1.29 is 22.7 Å². The van der Waals surface area contributed by atoms with Crippen LogP contribution in [0.2, 0.25) is 0 Å². The lowest BCUT2D eigenvalue weighted by Crippen LogP contribution is -2.54. The molecule has 0 aliphatic rings. The van der Waals surface area contributed by atoms with Crippen LogP contribution in [-0.2, 0) is 32.6 Å². The summed E-state index contributed by atoms with van der Waals surface area (Å²) in [5, 5.41) is 3.05. The lowest BCUT2D eigenvalue weighted by Gasteiger charge is -2.34. The molecule has 0 aliphatic heterocycles. The van der Waals surface area contributed by atoms with Gasteiger partial charge in [-0.25, -0.2) is 8.42 Å². The molecular formula is C32H41N3O5S. The summed E-state index contributed by atoms with van der Waals surface area (Å²) in [4.78, 5) is 29.2. The Balaban J connectivity index is 1.88. The van der Waals surface area contributed by atoms with Crippen molar-refractivity contribution in [1.29, 1.82) is 0 Å². The minimum absolute atomic E-state index is 0.0664. The van der Waals surface area contributed by atoms with Crippen molar-refractivity contribution in [2.24, 2.45) is 0 Å². The van der Waals surface area contributed by atoms with Gasteiger partial charge in [0.15, 0.2) is 0 Å². The van der Waals surface area contributed by atoms with Gasteiger partial charge in [0.25, 0.3) is 0 Å². The van der Waals surface area contributed by atoms with Crippen molar-refractivity contribution in [2.75, 3.05) is 24.2 Å². The summed E-state index contributed by atoms with van der Waals surface area (Å²) in [7, 11) is -2.09. The number of nitrogens with one attached hydrogen (secondary N) is 1. The lowest BCUT2D eigenvalue weighted by molar-refractivity contribution is -0.142. The third-order valence-corrected chi connectivity index (χ3v) is 7.65. The molecule has 8 nitrogen and oxygen atoms in total.